The van der Waals surface area contributed by atoms with Crippen molar-refractivity contribution in [1.82, 2.24) is 4.31 Å². The molecule has 0 radical (unpaired) electrons. The van der Waals surface area contributed by atoms with Gasteiger partial charge < -0.3 is 15.8 Å². The predicted molar refractivity (Wildman–Crippen MR) is 137 cm³/mol. The van der Waals surface area contributed by atoms with Crippen molar-refractivity contribution in [3.05, 3.63) is 95.1 Å². The zero-order valence-electron chi connectivity index (χ0n) is 19.8. The van der Waals surface area contributed by atoms with Gasteiger partial charge in [-0.25, -0.2) is 8.42 Å². The highest BCUT2D eigenvalue weighted by Gasteiger charge is 2.27. The summed E-state index contributed by atoms with van der Waals surface area (Å²) in [6.07, 6.45) is 0. The molecule has 184 valence electrons. The molecular formula is C26H30N4O4S. The van der Waals surface area contributed by atoms with Crippen molar-refractivity contribution in [1.29, 1.82) is 5.41 Å². The van der Waals surface area contributed by atoms with E-state index < -0.39 is 16.0 Å². The van der Waals surface area contributed by atoms with Crippen LogP contribution >= 0.6 is 0 Å². The summed E-state index contributed by atoms with van der Waals surface area (Å²) in [5.41, 5.74) is 9.85. The van der Waals surface area contributed by atoms with E-state index in [4.69, 9.17) is 15.9 Å². The van der Waals surface area contributed by atoms with Gasteiger partial charge in [-0.2, -0.15) is 4.31 Å². The molecule has 8 nitrogen and oxygen atoms in total. The van der Waals surface area contributed by atoms with Gasteiger partial charge in [0.05, 0.1) is 11.5 Å². The summed E-state index contributed by atoms with van der Waals surface area (Å²) in [5, 5.41) is 10.8. The number of nitrogens with one attached hydrogen (secondary N) is 2. The van der Waals surface area contributed by atoms with Gasteiger partial charge in [-0.1, -0.05) is 36.4 Å². The normalized spacial score (nSPS) is 11.3. The lowest BCUT2D eigenvalue weighted by Crippen LogP contribution is -2.36. The maximum atomic E-state index is 13.2. The molecular weight excluding hydrogens is 464 g/mol. The lowest BCUT2D eigenvalue weighted by Gasteiger charge is -2.22. The van der Waals surface area contributed by atoms with Crippen molar-refractivity contribution in [3.63, 3.8) is 0 Å². The van der Waals surface area contributed by atoms with Crippen molar-refractivity contribution in [3.8, 4) is 0 Å². The number of nitrogen functional groups attached to an aromatic ring is 1. The molecule has 3 aromatic rings. The van der Waals surface area contributed by atoms with E-state index in [0.29, 0.717) is 12.1 Å². The van der Waals surface area contributed by atoms with Crippen LogP contribution in [0.15, 0.2) is 77.7 Å². The van der Waals surface area contributed by atoms with E-state index in [1.54, 1.807) is 37.3 Å². The number of nitrogens with two attached hydrogens (primary N) is 1. The number of rotatable bonds is 11. The van der Waals surface area contributed by atoms with E-state index >= 15 is 0 Å². The molecule has 0 saturated carbocycles. The van der Waals surface area contributed by atoms with E-state index in [-0.39, 0.29) is 30.4 Å². The summed E-state index contributed by atoms with van der Waals surface area (Å²) in [4.78, 5) is 12.3. The van der Waals surface area contributed by atoms with Crippen molar-refractivity contribution in [2.45, 2.75) is 31.8 Å². The van der Waals surface area contributed by atoms with Crippen LogP contribution in [0.5, 0.6) is 0 Å². The number of benzene rings is 3. The van der Waals surface area contributed by atoms with Crippen LogP contribution in [0.2, 0.25) is 0 Å². The van der Waals surface area contributed by atoms with Crippen LogP contribution in [-0.4, -0.2) is 37.7 Å². The minimum absolute atomic E-state index is 0.0225. The van der Waals surface area contributed by atoms with Gasteiger partial charge in [0, 0.05) is 24.3 Å². The zero-order chi connectivity index (χ0) is 25.4. The van der Waals surface area contributed by atoms with E-state index in [1.807, 2.05) is 37.3 Å². The van der Waals surface area contributed by atoms with Crippen LogP contribution in [-0.2, 0) is 32.6 Å². The highest BCUT2D eigenvalue weighted by molar-refractivity contribution is 7.89. The molecule has 0 atom stereocenters. The second kappa shape index (κ2) is 11.6. The topological polar surface area (TPSA) is 126 Å². The number of hydrogen-bond acceptors (Lipinski definition) is 6. The maximum absolute atomic E-state index is 13.2. The number of sulfonamides is 1. The average Bonchev–Trinajstić information content (AvgIpc) is 2.84. The zero-order valence-corrected chi connectivity index (χ0v) is 20.6. The Balaban J connectivity index is 1.76. The van der Waals surface area contributed by atoms with Crippen LogP contribution in [0.3, 0.4) is 0 Å². The third-order valence-corrected chi connectivity index (χ3v) is 7.24. The van der Waals surface area contributed by atoms with Crippen molar-refractivity contribution in [2.75, 3.05) is 18.5 Å². The Hall–Kier alpha value is -3.69. The first kappa shape index (κ1) is 25.9. The van der Waals surface area contributed by atoms with Crippen LogP contribution in [0, 0.1) is 12.3 Å². The second-order valence-corrected chi connectivity index (χ2v) is 9.93. The molecule has 35 heavy (non-hydrogen) atoms. The fourth-order valence-electron chi connectivity index (χ4n) is 3.54. The number of hydrogen-bond donors (Lipinski definition) is 3. The van der Waals surface area contributed by atoms with Crippen molar-refractivity contribution in [2.24, 2.45) is 5.73 Å². The molecule has 0 aliphatic heterocycles. The third kappa shape index (κ3) is 6.91. The largest absolute Gasteiger partial charge is 0.465 e. The van der Waals surface area contributed by atoms with E-state index in [9.17, 15) is 13.2 Å². The van der Waals surface area contributed by atoms with Crippen LogP contribution < -0.4 is 11.1 Å². The number of anilines is 1. The Bertz CT molecular complexity index is 1280. The molecule has 0 bridgehead atoms. The molecule has 0 aromatic heterocycles. The lowest BCUT2D eigenvalue weighted by molar-refractivity contribution is -0.143. The van der Waals surface area contributed by atoms with Gasteiger partial charge in [-0.15, -0.1) is 0 Å². The molecule has 9 heteroatoms. The van der Waals surface area contributed by atoms with Gasteiger partial charge in [0.25, 0.3) is 0 Å². The Kier molecular flexibility index (Phi) is 8.62. The van der Waals surface area contributed by atoms with Gasteiger partial charge in [-0.05, 0) is 66.9 Å². The minimum atomic E-state index is -3.90. The number of amidine groups is 1. The Morgan fingerprint density at radius 3 is 2.34 bits per heavy atom. The summed E-state index contributed by atoms with van der Waals surface area (Å²) >= 11 is 0. The van der Waals surface area contributed by atoms with Gasteiger partial charge in [0.15, 0.2) is 0 Å². The molecule has 3 aromatic carbocycles. The molecule has 0 heterocycles. The second-order valence-electron chi connectivity index (χ2n) is 8.00. The summed E-state index contributed by atoms with van der Waals surface area (Å²) in [6, 6.07) is 21.1. The van der Waals surface area contributed by atoms with Gasteiger partial charge >= 0.3 is 5.97 Å². The molecule has 0 saturated heterocycles. The molecule has 0 unspecified atom stereocenters. The summed E-state index contributed by atoms with van der Waals surface area (Å²) in [5.74, 6) is -0.574. The Morgan fingerprint density at radius 2 is 1.74 bits per heavy atom. The first-order chi connectivity index (χ1) is 16.7. The van der Waals surface area contributed by atoms with Crippen molar-refractivity contribution >= 4 is 27.5 Å². The van der Waals surface area contributed by atoms with Crippen LogP contribution in [0.25, 0.3) is 0 Å². The number of carbonyl (C=O) groups excluding carboxylic acids is 1. The minimum Gasteiger partial charge on any atom is -0.465 e. The van der Waals surface area contributed by atoms with Gasteiger partial charge in [0.2, 0.25) is 10.0 Å². The number of aryl methyl sites for hydroxylation is 1. The van der Waals surface area contributed by atoms with E-state index in [0.717, 1.165) is 26.7 Å². The monoisotopic (exact) mass is 494 g/mol. The molecule has 0 fully saturated rings. The summed E-state index contributed by atoms with van der Waals surface area (Å²) in [6.45, 7) is 4.06. The average molecular weight is 495 g/mol. The van der Waals surface area contributed by atoms with Gasteiger partial charge in [0.1, 0.15) is 12.4 Å². The number of ether oxygens (including phenoxy) is 1. The molecule has 0 aliphatic carbocycles. The highest BCUT2D eigenvalue weighted by Crippen LogP contribution is 2.21. The van der Waals surface area contributed by atoms with Gasteiger partial charge in [-0.3, -0.25) is 10.2 Å². The fourth-order valence-corrected chi connectivity index (χ4v) is 4.93. The summed E-state index contributed by atoms with van der Waals surface area (Å²) in [7, 11) is -3.90. The Labute approximate surface area is 206 Å². The number of nitrogens with zero attached hydrogens (tertiary/aromatic N) is 1. The predicted octanol–water partition coefficient (Wildman–Crippen LogP) is 3.65. The molecule has 0 amide bonds. The first-order valence-corrected chi connectivity index (χ1v) is 12.6. The van der Waals surface area contributed by atoms with E-state index in [2.05, 4.69) is 5.32 Å². The van der Waals surface area contributed by atoms with Crippen LogP contribution in [0.1, 0.15) is 29.2 Å². The first-order valence-electron chi connectivity index (χ1n) is 11.2. The Morgan fingerprint density at radius 1 is 1.06 bits per heavy atom. The molecule has 4 N–H and O–H groups in total. The highest BCUT2D eigenvalue weighted by atomic mass is 32.2. The molecule has 3 rings (SSSR count). The van der Waals surface area contributed by atoms with Crippen LogP contribution in [0.4, 0.5) is 5.69 Å². The third-order valence-electron chi connectivity index (χ3n) is 5.44. The molecule has 0 aliphatic rings. The van der Waals surface area contributed by atoms with E-state index in [1.165, 1.54) is 12.1 Å². The quantitative estimate of drug-likeness (QED) is 0.212. The smallest absolute Gasteiger partial charge is 0.321 e. The summed E-state index contributed by atoms with van der Waals surface area (Å²) < 4.78 is 32.6. The lowest BCUT2D eigenvalue weighted by atomic mass is 10.0. The number of esters is 1. The standard InChI is InChI=1S/C26H30N4O4S/c1-3-34-25(31)18-30(35(32,33)24-7-5-4-6-8-24)17-20-9-10-22(19(2)15-20)16-29-23-13-11-21(12-14-23)26(27)28/h4-15,29H,3,16-18H2,1-2H3,(H3,27,28). The number of carbonyl (C=O) groups is 1. The maximum Gasteiger partial charge on any atom is 0.321 e. The fraction of sp³-hybridized carbons (Fsp3) is 0.231. The molecule has 0 spiro atoms. The SMILES string of the molecule is CCOC(=O)CN(Cc1ccc(CNc2ccc(C(=N)N)cc2)c(C)c1)S(=O)(=O)c1ccccc1. The van der Waals surface area contributed by atoms with Crippen molar-refractivity contribution < 1.29 is 17.9 Å².